The monoisotopic (exact) mass is 451 g/mol. The minimum atomic E-state index is -3.54. The SMILES string of the molecule is CCOC(=O)N1CCC(C(=O)Nc2ccc(S(=O)(=O)N3CC(C)CC(C)C3)cc2)CC1. The van der Waals surface area contributed by atoms with E-state index in [1.807, 2.05) is 0 Å². The van der Waals surface area contributed by atoms with Gasteiger partial charge >= 0.3 is 6.09 Å². The second kappa shape index (κ2) is 9.99. The second-order valence-corrected chi connectivity index (χ2v) is 10.7. The molecule has 2 fully saturated rings. The topological polar surface area (TPSA) is 96.0 Å². The van der Waals surface area contributed by atoms with E-state index in [9.17, 15) is 18.0 Å². The summed E-state index contributed by atoms with van der Waals surface area (Å²) in [5, 5.41) is 2.87. The van der Waals surface area contributed by atoms with Gasteiger partial charge in [-0.2, -0.15) is 4.31 Å². The van der Waals surface area contributed by atoms with Crippen LogP contribution in [-0.2, 0) is 19.6 Å². The molecule has 2 saturated heterocycles. The maximum atomic E-state index is 13.0. The Bertz CT molecular complexity index is 869. The fourth-order valence-electron chi connectivity index (χ4n) is 4.44. The Labute approximate surface area is 185 Å². The third kappa shape index (κ3) is 5.77. The van der Waals surface area contributed by atoms with E-state index in [1.165, 1.54) is 0 Å². The zero-order chi connectivity index (χ0) is 22.6. The van der Waals surface area contributed by atoms with E-state index in [1.54, 1.807) is 40.4 Å². The molecule has 8 nitrogen and oxygen atoms in total. The molecule has 0 radical (unpaired) electrons. The summed E-state index contributed by atoms with van der Waals surface area (Å²) < 4.78 is 32.5. The summed E-state index contributed by atoms with van der Waals surface area (Å²) >= 11 is 0. The number of rotatable bonds is 5. The van der Waals surface area contributed by atoms with Gasteiger partial charge in [0.25, 0.3) is 0 Å². The van der Waals surface area contributed by atoms with E-state index >= 15 is 0 Å². The van der Waals surface area contributed by atoms with Gasteiger partial charge in [0.05, 0.1) is 11.5 Å². The van der Waals surface area contributed by atoms with Crippen LogP contribution in [0.1, 0.15) is 40.0 Å². The lowest BCUT2D eigenvalue weighted by atomic mass is 9.94. The zero-order valence-electron chi connectivity index (χ0n) is 18.5. The average Bonchev–Trinajstić information content (AvgIpc) is 2.73. The number of anilines is 1. The molecule has 0 saturated carbocycles. The molecule has 9 heteroatoms. The lowest BCUT2D eigenvalue weighted by molar-refractivity contribution is -0.121. The standard InChI is InChI=1S/C22H33N3O5S/c1-4-30-22(27)24-11-9-18(10-12-24)21(26)23-19-5-7-20(8-6-19)31(28,29)25-14-16(2)13-17(3)15-25/h5-8,16-18H,4,9-15H2,1-3H3,(H,23,26). The van der Waals surface area contributed by atoms with E-state index in [2.05, 4.69) is 19.2 Å². The Morgan fingerprint density at radius 3 is 2.19 bits per heavy atom. The number of sulfonamides is 1. The Hall–Kier alpha value is -2.13. The van der Waals surface area contributed by atoms with E-state index in [0.29, 0.717) is 63.2 Å². The number of benzene rings is 1. The Morgan fingerprint density at radius 1 is 1.06 bits per heavy atom. The summed E-state index contributed by atoms with van der Waals surface area (Å²) in [5.41, 5.74) is 0.567. The molecular formula is C22H33N3O5S. The first kappa shape index (κ1) is 23.5. The number of ether oxygens (including phenoxy) is 1. The number of carbonyl (C=O) groups is 2. The van der Waals surface area contributed by atoms with Crippen molar-refractivity contribution in [3.8, 4) is 0 Å². The molecule has 1 aromatic carbocycles. The van der Waals surface area contributed by atoms with Gasteiger partial charge in [-0.05, 0) is 62.3 Å². The van der Waals surface area contributed by atoms with Gasteiger partial charge < -0.3 is 15.0 Å². The van der Waals surface area contributed by atoms with Gasteiger partial charge in [-0.1, -0.05) is 13.8 Å². The van der Waals surface area contributed by atoms with Crippen molar-refractivity contribution in [3.63, 3.8) is 0 Å². The van der Waals surface area contributed by atoms with Crippen molar-refractivity contribution in [2.24, 2.45) is 17.8 Å². The number of piperidine rings is 2. The molecule has 172 valence electrons. The van der Waals surface area contributed by atoms with E-state index < -0.39 is 10.0 Å². The van der Waals surface area contributed by atoms with Gasteiger partial charge in [0.1, 0.15) is 0 Å². The number of hydrogen-bond donors (Lipinski definition) is 1. The molecule has 31 heavy (non-hydrogen) atoms. The highest BCUT2D eigenvalue weighted by atomic mass is 32.2. The van der Waals surface area contributed by atoms with Gasteiger partial charge in [0, 0.05) is 37.8 Å². The Balaban J connectivity index is 1.57. The van der Waals surface area contributed by atoms with Crippen LogP contribution in [0.5, 0.6) is 0 Å². The van der Waals surface area contributed by atoms with Crippen LogP contribution in [-0.4, -0.2) is 62.4 Å². The number of amides is 2. The van der Waals surface area contributed by atoms with Crippen molar-refractivity contribution >= 4 is 27.7 Å². The predicted octanol–water partition coefficient (Wildman–Crippen LogP) is 3.16. The van der Waals surface area contributed by atoms with E-state index in [-0.39, 0.29) is 22.8 Å². The quantitative estimate of drug-likeness (QED) is 0.742. The Kier molecular flexibility index (Phi) is 7.59. The zero-order valence-corrected chi connectivity index (χ0v) is 19.4. The Morgan fingerprint density at radius 2 is 1.65 bits per heavy atom. The lowest BCUT2D eigenvalue weighted by Gasteiger charge is -2.34. The van der Waals surface area contributed by atoms with Crippen LogP contribution in [0.2, 0.25) is 0 Å². The predicted molar refractivity (Wildman–Crippen MR) is 118 cm³/mol. The van der Waals surface area contributed by atoms with Crippen LogP contribution in [0.25, 0.3) is 0 Å². The maximum Gasteiger partial charge on any atom is 0.409 e. The fraction of sp³-hybridized carbons (Fsp3) is 0.636. The minimum Gasteiger partial charge on any atom is -0.450 e. The van der Waals surface area contributed by atoms with Gasteiger partial charge in [0.15, 0.2) is 0 Å². The number of likely N-dealkylation sites (tertiary alicyclic amines) is 1. The first-order chi connectivity index (χ1) is 14.7. The highest BCUT2D eigenvalue weighted by Crippen LogP contribution is 2.27. The molecule has 2 unspecified atom stereocenters. The molecule has 0 bridgehead atoms. The van der Waals surface area contributed by atoms with Crippen LogP contribution >= 0.6 is 0 Å². The molecule has 2 amide bonds. The van der Waals surface area contributed by atoms with Crippen LogP contribution in [0.15, 0.2) is 29.2 Å². The van der Waals surface area contributed by atoms with Gasteiger partial charge in [-0.3, -0.25) is 4.79 Å². The highest BCUT2D eigenvalue weighted by Gasteiger charge is 2.32. The van der Waals surface area contributed by atoms with Crippen molar-refractivity contribution in [3.05, 3.63) is 24.3 Å². The molecule has 0 aliphatic carbocycles. The smallest absolute Gasteiger partial charge is 0.409 e. The number of carbonyl (C=O) groups excluding carboxylic acids is 2. The number of nitrogens with zero attached hydrogens (tertiary/aromatic N) is 2. The van der Waals surface area contributed by atoms with Gasteiger partial charge in [-0.15, -0.1) is 0 Å². The molecule has 2 heterocycles. The second-order valence-electron chi connectivity index (χ2n) is 8.74. The molecule has 2 atom stereocenters. The molecular weight excluding hydrogens is 418 g/mol. The van der Waals surface area contributed by atoms with Crippen molar-refractivity contribution < 1.29 is 22.7 Å². The first-order valence-electron chi connectivity index (χ1n) is 11.0. The molecule has 0 aromatic heterocycles. The lowest BCUT2D eigenvalue weighted by Crippen LogP contribution is -2.42. The van der Waals surface area contributed by atoms with Gasteiger partial charge in [0.2, 0.25) is 15.9 Å². The molecule has 3 rings (SSSR count). The van der Waals surface area contributed by atoms with Crippen molar-refractivity contribution in [1.29, 1.82) is 0 Å². The summed E-state index contributed by atoms with van der Waals surface area (Å²) in [7, 11) is -3.54. The number of nitrogens with one attached hydrogen (secondary N) is 1. The summed E-state index contributed by atoms with van der Waals surface area (Å²) in [6.07, 6.45) is 1.84. The summed E-state index contributed by atoms with van der Waals surface area (Å²) in [6, 6.07) is 6.38. The van der Waals surface area contributed by atoms with Gasteiger partial charge in [-0.25, -0.2) is 13.2 Å². The van der Waals surface area contributed by atoms with Crippen LogP contribution in [0, 0.1) is 17.8 Å². The van der Waals surface area contributed by atoms with E-state index in [4.69, 9.17) is 4.74 Å². The van der Waals surface area contributed by atoms with Crippen LogP contribution < -0.4 is 5.32 Å². The van der Waals surface area contributed by atoms with Crippen LogP contribution in [0.3, 0.4) is 0 Å². The largest absolute Gasteiger partial charge is 0.450 e. The molecule has 2 aliphatic heterocycles. The molecule has 1 aromatic rings. The minimum absolute atomic E-state index is 0.113. The van der Waals surface area contributed by atoms with E-state index in [0.717, 1.165) is 6.42 Å². The van der Waals surface area contributed by atoms with Crippen molar-refractivity contribution in [1.82, 2.24) is 9.21 Å². The van der Waals surface area contributed by atoms with Crippen molar-refractivity contribution in [2.75, 3.05) is 38.1 Å². The average molecular weight is 452 g/mol. The van der Waals surface area contributed by atoms with Crippen LogP contribution in [0.4, 0.5) is 10.5 Å². The highest BCUT2D eigenvalue weighted by molar-refractivity contribution is 7.89. The molecule has 1 N–H and O–H groups in total. The molecule has 0 spiro atoms. The summed E-state index contributed by atoms with van der Waals surface area (Å²) in [4.78, 5) is 26.2. The third-order valence-electron chi connectivity index (χ3n) is 5.99. The third-order valence-corrected chi connectivity index (χ3v) is 7.83. The fourth-order valence-corrected chi connectivity index (χ4v) is 6.12. The first-order valence-corrected chi connectivity index (χ1v) is 12.5. The summed E-state index contributed by atoms with van der Waals surface area (Å²) in [6.45, 7) is 8.30. The molecule has 2 aliphatic rings. The summed E-state index contributed by atoms with van der Waals surface area (Å²) in [5.74, 6) is 0.378. The maximum absolute atomic E-state index is 13.0. The van der Waals surface area contributed by atoms with Crippen molar-refractivity contribution in [2.45, 2.75) is 44.9 Å². The normalized spacial score (nSPS) is 23.4. The number of hydrogen-bond acceptors (Lipinski definition) is 5.